The van der Waals surface area contributed by atoms with E-state index in [2.05, 4.69) is 27.5 Å². The summed E-state index contributed by atoms with van der Waals surface area (Å²) < 4.78 is 0. The molecular formula is C15H25N3OS. The van der Waals surface area contributed by atoms with E-state index in [1.807, 2.05) is 6.92 Å². The summed E-state index contributed by atoms with van der Waals surface area (Å²) in [6.07, 6.45) is 5.90. The number of nitrogens with zero attached hydrogens (tertiary/aromatic N) is 2. The van der Waals surface area contributed by atoms with Gasteiger partial charge in [-0.2, -0.15) is 0 Å². The zero-order chi connectivity index (χ0) is 14.4. The summed E-state index contributed by atoms with van der Waals surface area (Å²) in [6.45, 7) is 7.33. The molecule has 1 atom stereocenters. The lowest BCUT2D eigenvalue weighted by Gasteiger charge is -2.25. The third-order valence-electron chi connectivity index (χ3n) is 3.79. The van der Waals surface area contributed by atoms with E-state index < -0.39 is 0 Å². The summed E-state index contributed by atoms with van der Waals surface area (Å²) in [4.78, 5) is 18.9. The van der Waals surface area contributed by atoms with Gasteiger partial charge in [-0.15, -0.1) is 11.3 Å². The number of amides is 1. The van der Waals surface area contributed by atoms with Gasteiger partial charge >= 0.3 is 0 Å². The molecule has 4 nitrogen and oxygen atoms in total. The van der Waals surface area contributed by atoms with Crippen LogP contribution in [0.1, 0.15) is 51.6 Å². The van der Waals surface area contributed by atoms with Crippen LogP contribution in [-0.2, 0) is 11.3 Å². The third kappa shape index (κ3) is 4.56. The number of aromatic nitrogens is 1. The Bertz CT molecular complexity index is 427. The van der Waals surface area contributed by atoms with Gasteiger partial charge in [0.15, 0.2) is 5.13 Å². The second-order valence-corrected chi connectivity index (χ2v) is 6.52. The summed E-state index contributed by atoms with van der Waals surface area (Å²) in [5.74, 6) is 0.153. The summed E-state index contributed by atoms with van der Waals surface area (Å²) in [5.41, 5.74) is 1.08. The largest absolute Gasteiger partial charge is 0.302 e. The summed E-state index contributed by atoms with van der Waals surface area (Å²) in [6, 6.07) is 0. The van der Waals surface area contributed by atoms with Crippen LogP contribution in [0.3, 0.4) is 0 Å². The molecule has 20 heavy (non-hydrogen) atoms. The van der Waals surface area contributed by atoms with Crippen molar-refractivity contribution in [3.63, 3.8) is 0 Å². The zero-order valence-corrected chi connectivity index (χ0v) is 13.3. The highest BCUT2D eigenvalue weighted by atomic mass is 32.1. The minimum Gasteiger partial charge on any atom is -0.302 e. The molecule has 0 bridgehead atoms. The standard InChI is InChI=1S/C15H25N3OS/c1-3-7-12(2)14(19)17-15-16-13(11-20-15)10-18-8-5-4-6-9-18/h11-12H,3-10H2,1-2H3,(H,16,17,19). The lowest BCUT2D eigenvalue weighted by atomic mass is 10.1. The van der Waals surface area contributed by atoms with Crippen LogP contribution in [0.25, 0.3) is 0 Å². The predicted molar refractivity (Wildman–Crippen MR) is 83.9 cm³/mol. The van der Waals surface area contributed by atoms with E-state index in [-0.39, 0.29) is 11.8 Å². The average Bonchev–Trinajstić information content (AvgIpc) is 2.87. The molecule has 0 radical (unpaired) electrons. The Labute approximate surface area is 125 Å². The van der Waals surface area contributed by atoms with Crippen molar-refractivity contribution in [3.8, 4) is 0 Å². The molecule has 1 unspecified atom stereocenters. The smallest absolute Gasteiger partial charge is 0.228 e. The molecule has 0 saturated carbocycles. The molecule has 1 aliphatic heterocycles. The Morgan fingerprint density at radius 2 is 2.20 bits per heavy atom. The van der Waals surface area contributed by atoms with E-state index in [1.165, 1.54) is 43.7 Å². The first-order valence-corrected chi connectivity index (χ1v) is 8.54. The number of nitrogens with one attached hydrogen (secondary N) is 1. The van der Waals surface area contributed by atoms with Gasteiger partial charge in [0.1, 0.15) is 0 Å². The number of hydrogen-bond acceptors (Lipinski definition) is 4. The van der Waals surface area contributed by atoms with Crippen molar-refractivity contribution >= 4 is 22.4 Å². The van der Waals surface area contributed by atoms with Crippen LogP contribution in [0.15, 0.2) is 5.38 Å². The Hall–Kier alpha value is -0.940. The van der Waals surface area contributed by atoms with E-state index in [4.69, 9.17) is 0 Å². The third-order valence-corrected chi connectivity index (χ3v) is 4.59. The molecular weight excluding hydrogens is 270 g/mol. The second-order valence-electron chi connectivity index (χ2n) is 5.66. The van der Waals surface area contributed by atoms with Crippen LogP contribution < -0.4 is 5.32 Å². The van der Waals surface area contributed by atoms with Gasteiger partial charge < -0.3 is 5.32 Å². The fraction of sp³-hybridized carbons (Fsp3) is 0.733. The SMILES string of the molecule is CCCC(C)C(=O)Nc1nc(CN2CCCCC2)cs1. The highest BCUT2D eigenvalue weighted by molar-refractivity contribution is 7.13. The molecule has 1 fully saturated rings. The summed E-state index contributed by atoms with van der Waals surface area (Å²) >= 11 is 1.53. The van der Waals surface area contributed by atoms with E-state index in [1.54, 1.807) is 0 Å². The van der Waals surface area contributed by atoms with Crippen molar-refractivity contribution in [2.75, 3.05) is 18.4 Å². The lowest BCUT2D eigenvalue weighted by Crippen LogP contribution is -2.29. The molecule has 1 N–H and O–H groups in total. The van der Waals surface area contributed by atoms with E-state index >= 15 is 0 Å². The number of anilines is 1. The topological polar surface area (TPSA) is 45.2 Å². The maximum absolute atomic E-state index is 11.9. The maximum Gasteiger partial charge on any atom is 0.228 e. The van der Waals surface area contributed by atoms with Crippen LogP contribution in [-0.4, -0.2) is 28.9 Å². The van der Waals surface area contributed by atoms with Crippen molar-refractivity contribution in [2.45, 2.75) is 52.5 Å². The predicted octanol–water partition coefficient (Wildman–Crippen LogP) is 3.50. The highest BCUT2D eigenvalue weighted by Crippen LogP contribution is 2.20. The van der Waals surface area contributed by atoms with Gasteiger partial charge in [-0.1, -0.05) is 26.7 Å². The lowest BCUT2D eigenvalue weighted by molar-refractivity contribution is -0.119. The molecule has 112 valence electrons. The molecule has 2 rings (SSSR count). The Kier molecular flexibility index (Phi) is 5.98. The van der Waals surface area contributed by atoms with Gasteiger partial charge in [0.2, 0.25) is 5.91 Å². The van der Waals surface area contributed by atoms with Crippen LogP contribution in [0, 0.1) is 5.92 Å². The van der Waals surface area contributed by atoms with Crippen molar-refractivity contribution in [1.29, 1.82) is 0 Å². The van der Waals surface area contributed by atoms with Gasteiger partial charge in [-0.25, -0.2) is 4.98 Å². The number of carbonyl (C=O) groups excluding carboxylic acids is 1. The number of likely N-dealkylation sites (tertiary alicyclic amines) is 1. The number of hydrogen-bond donors (Lipinski definition) is 1. The Balaban J connectivity index is 1.83. The van der Waals surface area contributed by atoms with Crippen molar-refractivity contribution in [3.05, 3.63) is 11.1 Å². The average molecular weight is 295 g/mol. The van der Waals surface area contributed by atoms with Crippen molar-refractivity contribution in [2.24, 2.45) is 5.92 Å². The fourth-order valence-corrected chi connectivity index (χ4v) is 3.28. The molecule has 0 aromatic carbocycles. The Morgan fingerprint density at radius 3 is 2.90 bits per heavy atom. The maximum atomic E-state index is 11.9. The van der Waals surface area contributed by atoms with E-state index in [9.17, 15) is 4.79 Å². The van der Waals surface area contributed by atoms with Gasteiger partial charge in [-0.05, 0) is 32.4 Å². The van der Waals surface area contributed by atoms with Crippen LogP contribution in [0.5, 0.6) is 0 Å². The monoisotopic (exact) mass is 295 g/mol. The second kappa shape index (κ2) is 7.74. The van der Waals surface area contributed by atoms with Gasteiger partial charge in [-0.3, -0.25) is 9.69 Å². The Morgan fingerprint density at radius 1 is 1.45 bits per heavy atom. The molecule has 1 aromatic rings. The quantitative estimate of drug-likeness (QED) is 0.873. The first-order valence-electron chi connectivity index (χ1n) is 7.66. The van der Waals surface area contributed by atoms with E-state index in [0.717, 1.165) is 30.2 Å². The summed E-state index contributed by atoms with van der Waals surface area (Å²) in [7, 11) is 0. The molecule has 5 heteroatoms. The molecule has 1 aliphatic rings. The number of piperidine rings is 1. The van der Waals surface area contributed by atoms with Gasteiger partial charge in [0, 0.05) is 17.8 Å². The first kappa shape index (κ1) is 15.4. The molecule has 1 saturated heterocycles. The number of rotatable bonds is 6. The van der Waals surface area contributed by atoms with Crippen LogP contribution in [0.2, 0.25) is 0 Å². The minimum absolute atomic E-state index is 0.0643. The van der Waals surface area contributed by atoms with Crippen molar-refractivity contribution in [1.82, 2.24) is 9.88 Å². The highest BCUT2D eigenvalue weighted by Gasteiger charge is 2.15. The normalized spacial score (nSPS) is 17.9. The summed E-state index contributed by atoms with van der Waals surface area (Å²) in [5, 5.41) is 5.74. The van der Waals surface area contributed by atoms with E-state index in [0.29, 0.717) is 0 Å². The first-order chi connectivity index (χ1) is 9.69. The molecule has 1 amide bonds. The molecule has 0 aliphatic carbocycles. The molecule has 2 heterocycles. The molecule has 1 aromatic heterocycles. The molecule has 0 spiro atoms. The number of carbonyl (C=O) groups is 1. The van der Waals surface area contributed by atoms with Gasteiger partial charge in [0.25, 0.3) is 0 Å². The number of thiazole rings is 1. The van der Waals surface area contributed by atoms with Crippen LogP contribution >= 0.6 is 11.3 Å². The fourth-order valence-electron chi connectivity index (χ4n) is 2.58. The van der Waals surface area contributed by atoms with Crippen LogP contribution in [0.4, 0.5) is 5.13 Å². The zero-order valence-electron chi connectivity index (χ0n) is 12.5. The van der Waals surface area contributed by atoms with Crippen molar-refractivity contribution < 1.29 is 4.79 Å². The van der Waals surface area contributed by atoms with Gasteiger partial charge in [0.05, 0.1) is 5.69 Å². The minimum atomic E-state index is 0.0643.